The summed E-state index contributed by atoms with van der Waals surface area (Å²) in [6.45, 7) is 6.68. The van der Waals surface area contributed by atoms with Crippen molar-refractivity contribution in [2.24, 2.45) is 0 Å². The van der Waals surface area contributed by atoms with Gasteiger partial charge >= 0.3 is 0 Å². The quantitative estimate of drug-likeness (QED) is 0.232. The number of benzene rings is 1. The Labute approximate surface area is 271 Å². The molecular formula is C34H33FN12. The predicted molar refractivity (Wildman–Crippen MR) is 178 cm³/mol. The minimum atomic E-state index is -0.425. The molecule has 3 N–H and O–H groups in total. The van der Waals surface area contributed by atoms with Gasteiger partial charge in [-0.3, -0.25) is 14.5 Å². The van der Waals surface area contributed by atoms with Crippen LogP contribution in [0.3, 0.4) is 0 Å². The van der Waals surface area contributed by atoms with Crippen LogP contribution in [0.15, 0.2) is 79.4 Å². The Morgan fingerprint density at radius 3 is 2.43 bits per heavy atom. The highest BCUT2D eigenvalue weighted by Gasteiger charge is 2.22. The molecule has 1 saturated heterocycles. The lowest BCUT2D eigenvalue weighted by atomic mass is 10.0. The first-order valence-corrected chi connectivity index (χ1v) is 15.4. The molecule has 6 aromatic rings. The molecule has 1 fully saturated rings. The maximum atomic E-state index is 13.5. The lowest BCUT2D eigenvalue weighted by Crippen LogP contribution is -2.38. The van der Waals surface area contributed by atoms with Gasteiger partial charge in [0.1, 0.15) is 29.2 Å². The number of halogens is 1. The first-order chi connectivity index (χ1) is 23.0. The number of nitrogens with two attached hydrogens (primary N) is 1. The number of pyridine rings is 2. The average Bonchev–Trinajstić information content (AvgIpc) is 3.49. The molecule has 0 spiro atoms. The molecule has 47 heavy (non-hydrogen) atoms. The molecule has 5 aromatic heterocycles. The topological polar surface area (TPSA) is 160 Å². The molecule has 1 aliphatic rings. The standard InChI is InChI=1S/C32H27FN12.C2H6/c33-21-5-8-25(38-17-21)26-18-39-30-32(41-26)45(31(43-30)24-2-1-12-37-29(24)35)23-6-3-20(4-7-23)19-44-14-10-22(11-15-44)40-27-9-13-36-28(16-34)42-27;1-2/h1-9,12-13,17-18,22H,10-11,14-15,19H2,(H2,35,37)(H,36,40,42);1-2H3. The number of anilines is 2. The Kier molecular flexibility index (Phi) is 9.31. The maximum absolute atomic E-state index is 13.5. The van der Waals surface area contributed by atoms with Crippen LogP contribution in [0, 0.1) is 17.1 Å². The monoisotopic (exact) mass is 628 g/mol. The summed E-state index contributed by atoms with van der Waals surface area (Å²) in [5.74, 6) is 1.33. The van der Waals surface area contributed by atoms with Gasteiger partial charge in [0.05, 0.1) is 23.7 Å². The fraction of sp³-hybridized carbons (Fsp3) is 0.235. The van der Waals surface area contributed by atoms with E-state index >= 15 is 0 Å². The number of nitriles is 1. The molecule has 1 aromatic carbocycles. The number of nitrogen functional groups attached to an aromatic ring is 1. The first kappa shape index (κ1) is 31.1. The van der Waals surface area contributed by atoms with Crippen LogP contribution < -0.4 is 11.1 Å². The minimum Gasteiger partial charge on any atom is -0.383 e. The molecule has 0 aliphatic carbocycles. The number of hydrogen-bond acceptors (Lipinski definition) is 11. The summed E-state index contributed by atoms with van der Waals surface area (Å²) < 4.78 is 15.4. The van der Waals surface area contributed by atoms with Gasteiger partial charge in [0.15, 0.2) is 17.1 Å². The summed E-state index contributed by atoms with van der Waals surface area (Å²) in [5.41, 5.74) is 10.9. The number of likely N-dealkylation sites (tertiary alicyclic amines) is 1. The number of piperidine rings is 1. The smallest absolute Gasteiger partial charge is 0.234 e. The summed E-state index contributed by atoms with van der Waals surface area (Å²) in [6, 6.07) is 18.9. The van der Waals surface area contributed by atoms with Crippen molar-refractivity contribution in [1.29, 1.82) is 5.26 Å². The fourth-order valence-electron chi connectivity index (χ4n) is 5.48. The molecule has 13 heteroatoms. The number of fused-ring (bicyclic) bond motifs is 1. The number of nitrogens with one attached hydrogen (secondary N) is 1. The van der Waals surface area contributed by atoms with Crippen LogP contribution in [0.25, 0.3) is 39.8 Å². The van der Waals surface area contributed by atoms with Crippen LogP contribution in [-0.4, -0.2) is 63.5 Å². The second-order valence-corrected chi connectivity index (χ2v) is 10.7. The van der Waals surface area contributed by atoms with Gasteiger partial charge in [0.25, 0.3) is 0 Å². The number of aromatic nitrogens is 8. The van der Waals surface area contributed by atoms with Gasteiger partial charge in [-0.15, -0.1) is 0 Å². The Bertz CT molecular complexity index is 2010. The van der Waals surface area contributed by atoms with E-state index in [1.807, 2.05) is 48.7 Å². The van der Waals surface area contributed by atoms with Crippen molar-refractivity contribution in [3.8, 4) is 34.5 Å². The summed E-state index contributed by atoms with van der Waals surface area (Å²) in [5, 5.41) is 12.5. The van der Waals surface area contributed by atoms with E-state index in [2.05, 4.69) is 47.3 Å². The van der Waals surface area contributed by atoms with Crippen molar-refractivity contribution < 1.29 is 4.39 Å². The van der Waals surface area contributed by atoms with Gasteiger partial charge in [0, 0.05) is 43.8 Å². The third-order valence-electron chi connectivity index (χ3n) is 7.74. The highest BCUT2D eigenvalue weighted by atomic mass is 19.1. The van der Waals surface area contributed by atoms with Crippen molar-refractivity contribution in [3.05, 3.63) is 96.6 Å². The summed E-state index contributed by atoms with van der Waals surface area (Å²) in [6.07, 6.45) is 7.89. The van der Waals surface area contributed by atoms with Crippen LogP contribution >= 0.6 is 0 Å². The molecule has 236 valence electrons. The molecule has 0 bridgehead atoms. The zero-order valence-electron chi connectivity index (χ0n) is 26.0. The highest BCUT2D eigenvalue weighted by molar-refractivity contribution is 5.81. The van der Waals surface area contributed by atoms with Gasteiger partial charge in [0.2, 0.25) is 5.82 Å². The van der Waals surface area contributed by atoms with Gasteiger partial charge < -0.3 is 11.1 Å². The number of imidazole rings is 1. The van der Waals surface area contributed by atoms with E-state index in [1.165, 1.54) is 11.6 Å². The van der Waals surface area contributed by atoms with E-state index < -0.39 is 5.82 Å². The van der Waals surface area contributed by atoms with Crippen molar-refractivity contribution in [3.63, 3.8) is 0 Å². The van der Waals surface area contributed by atoms with Crippen molar-refractivity contribution in [1.82, 2.24) is 44.4 Å². The molecule has 0 atom stereocenters. The van der Waals surface area contributed by atoms with Gasteiger partial charge in [-0.05, 0) is 60.9 Å². The molecule has 1 aliphatic heterocycles. The molecular weight excluding hydrogens is 595 g/mol. The summed E-state index contributed by atoms with van der Waals surface area (Å²) in [7, 11) is 0. The Hall–Kier alpha value is -5.87. The Morgan fingerprint density at radius 1 is 0.894 bits per heavy atom. The summed E-state index contributed by atoms with van der Waals surface area (Å²) in [4.78, 5) is 33.2. The van der Waals surface area contributed by atoms with Crippen LogP contribution in [0.2, 0.25) is 0 Å². The molecule has 0 saturated carbocycles. The predicted octanol–water partition coefficient (Wildman–Crippen LogP) is 5.43. The van der Waals surface area contributed by atoms with Crippen LogP contribution in [0.5, 0.6) is 0 Å². The lowest BCUT2D eigenvalue weighted by molar-refractivity contribution is 0.211. The fourth-order valence-corrected chi connectivity index (χ4v) is 5.48. The van der Waals surface area contributed by atoms with E-state index in [1.54, 1.807) is 30.7 Å². The molecule has 0 unspecified atom stereocenters. The van der Waals surface area contributed by atoms with E-state index in [-0.39, 0.29) is 11.9 Å². The second kappa shape index (κ2) is 14.1. The zero-order chi connectivity index (χ0) is 32.8. The minimum absolute atomic E-state index is 0.165. The lowest BCUT2D eigenvalue weighted by Gasteiger charge is -2.32. The molecule has 0 radical (unpaired) electrons. The first-order valence-electron chi connectivity index (χ1n) is 15.4. The van der Waals surface area contributed by atoms with Crippen molar-refractivity contribution >= 4 is 22.9 Å². The maximum Gasteiger partial charge on any atom is 0.234 e. The Morgan fingerprint density at radius 2 is 1.70 bits per heavy atom. The zero-order valence-corrected chi connectivity index (χ0v) is 26.0. The highest BCUT2D eigenvalue weighted by Crippen LogP contribution is 2.31. The molecule has 0 amide bonds. The third kappa shape index (κ3) is 6.87. The van der Waals surface area contributed by atoms with Crippen LogP contribution in [0.1, 0.15) is 38.1 Å². The third-order valence-corrected chi connectivity index (χ3v) is 7.74. The molecule has 12 nitrogen and oxygen atoms in total. The van der Waals surface area contributed by atoms with E-state index in [9.17, 15) is 4.39 Å². The van der Waals surface area contributed by atoms with E-state index in [4.69, 9.17) is 21.0 Å². The number of hydrogen-bond donors (Lipinski definition) is 2. The Balaban J connectivity index is 0.00000190. The molecule has 6 heterocycles. The number of rotatable bonds is 7. The van der Waals surface area contributed by atoms with E-state index in [0.717, 1.165) is 44.4 Å². The normalized spacial score (nSPS) is 13.5. The van der Waals surface area contributed by atoms with Crippen molar-refractivity contribution in [2.75, 3.05) is 24.1 Å². The SMILES string of the molecule is CC.N#Cc1nccc(NC2CCN(Cc3ccc(-n4c(-c5cccnc5N)nc5ncc(-c6ccc(F)cn6)nc54)cc3)CC2)n1. The second-order valence-electron chi connectivity index (χ2n) is 10.7. The number of nitrogens with zero attached hydrogens (tertiary/aromatic N) is 10. The van der Waals surface area contributed by atoms with Gasteiger partial charge in [-0.25, -0.2) is 34.3 Å². The molecule has 7 rings (SSSR count). The van der Waals surface area contributed by atoms with Crippen LogP contribution in [0.4, 0.5) is 16.0 Å². The van der Waals surface area contributed by atoms with Crippen molar-refractivity contribution in [2.45, 2.75) is 39.3 Å². The van der Waals surface area contributed by atoms with E-state index in [0.29, 0.717) is 45.7 Å². The van der Waals surface area contributed by atoms with Crippen LogP contribution in [-0.2, 0) is 6.54 Å². The summed E-state index contributed by atoms with van der Waals surface area (Å²) >= 11 is 0. The largest absolute Gasteiger partial charge is 0.383 e. The average molecular weight is 629 g/mol. The van der Waals surface area contributed by atoms with Gasteiger partial charge in [-0.1, -0.05) is 26.0 Å². The van der Waals surface area contributed by atoms with Gasteiger partial charge in [-0.2, -0.15) is 5.26 Å².